The van der Waals surface area contributed by atoms with Crippen LogP contribution < -0.4 is 11.2 Å². The summed E-state index contributed by atoms with van der Waals surface area (Å²) in [4.78, 5) is 50.7. The van der Waals surface area contributed by atoms with Gasteiger partial charge in [0, 0.05) is 12.3 Å². The summed E-state index contributed by atoms with van der Waals surface area (Å²) in [6.07, 6.45) is -5.25. The quantitative estimate of drug-likeness (QED) is 0.268. The number of nitrogens with zero attached hydrogens (tertiary/aromatic N) is 1. The van der Waals surface area contributed by atoms with E-state index in [2.05, 4.69) is 8.83 Å². The monoisotopic (exact) mass is 406 g/mol. The number of aromatic amines is 1. The molecule has 1 fully saturated rings. The molecule has 1 saturated heterocycles. The van der Waals surface area contributed by atoms with Gasteiger partial charge < -0.3 is 29.6 Å². The van der Waals surface area contributed by atoms with Gasteiger partial charge in [0.05, 0.1) is 6.61 Å². The van der Waals surface area contributed by atoms with E-state index in [9.17, 15) is 28.9 Å². The average molecular weight is 406 g/mol. The minimum absolute atomic E-state index is 0.704. The lowest BCUT2D eigenvalue weighted by Gasteiger charge is -2.17. The third-order valence-corrected chi connectivity index (χ3v) is 5.23. The second-order valence-corrected chi connectivity index (χ2v) is 7.73. The van der Waals surface area contributed by atoms with Crippen molar-refractivity contribution in [2.45, 2.75) is 24.5 Å². The van der Waals surface area contributed by atoms with E-state index < -0.39 is 58.0 Å². The van der Waals surface area contributed by atoms with Crippen molar-refractivity contribution in [3.05, 3.63) is 33.1 Å². The van der Waals surface area contributed by atoms with Crippen LogP contribution in [0.4, 0.5) is 0 Å². The van der Waals surface area contributed by atoms with Gasteiger partial charge in [-0.2, -0.15) is 4.31 Å². The molecular formula is C9H14N2O12P2. The summed E-state index contributed by atoms with van der Waals surface area (Å²) in [5, 5.41) is 19.8. The number of hydrogen-bond donors (Lipinski definition) is 6. The van der Waals surface area contributed by atoms with Gasteiger partial charge in [-0.25, -0.2) is 13.9 Å². The number of rotatable bonds is 6. The Labute approximate surface area is 138 Å². The second kappa shape index (κ2) is 7.21. The number of aliphatic hydroxyl groups is 2. The van der Waals surface area contributed by atoms with Gasteiger partial charge in [0.15, 0.2) is 6.23 Å². The average Bonchev–Trinajstić information content (AvgIpc) is 2.71. The van der Waals surface area contributed by atoms with E-state index in [0.29, 0.717) is 0 Å². The molecule has 1 aromatic rings. The number of phosphoric ester groups is 1. The molecule has 16 heteroatoms. The molecule has 0 aliphatic carbocycles. The Morgan fingerprint density at radius 2 is 1.84 bits per heavy atom. The normalized spacial score (nSPS) is 29.5. The first-order valence-corrected chi connectivity index (χ1v) is 9.49. The molecule has 142 valence electrons. The standard InChI is InChI=1S/C9H14N2O12P2/c12-5-1-2-11(9(15)10-5)8-7(14)6(13)4(22-8)3-21-25(19,20)23-24(16,17)18/h1-2,4,6-8,13-14H,3H2,(H,19,20)(H,10,12,15)(H2,16,17,18)/t4-,6+,7?,8-/m1/s1/i10+1,11+1. The van der Waals surface area contributed by atoms with E-state index in [0.717, 1.165) is 16.8 Å². The van der Waals surface area contributed by atoms with Crippen molar-refractivity contribution in [3.63, 3.8) is 0 Å². The SMILES string of the molecule is O=c1cc[15n]([C@@H]2O[C@H](COP(=O)(O)OP(=O)(O)O)[C@H](O)C2O)c(=O)[15nH]1. The Kier molecular flexibility index (Phi) is 5.81. The zero-order valence-corrected chi connectivity index (χ0v) is 13.9. The van der Waals surface area contributed by atoms with Crippen LogP contribution in [0, 0.1) is 0 Å². The molecule has 0 spiro atoms. The van der Waals surface area contributed by atoms with Gasteiger partial charge >= 0.3 is 21.3 Å². The predicted molar refractivity (Wildman–Crippen MR) is 76.2 cm³/mol. The molecule has 5 atom stereocenters. The van der Waals surface area contributed by atoms with Crippen molar-refractivity contribution in [2.24, 2.45) is 0 Å². The molecule has 0 amide bonds. The highest BCUT2D eigenvalue weighted by Gasteiger charge is 2.45. The van der Waals surface area contributed by atoms with Crippen LogP contribution in [0.1, 0.15) is 6.23 Å². The van der Waals surface area contributed by atoms with E-state index >= 15 is 0 Å². The molecule has 2 rings (SSSR count). The molecule has 0 bridgehead atoms. The highest BCUT2D eigenvalue weighted by Crippen LogP contribution is 2.57. The van der Waals surface area contributed by atoms with Crippen LogP contribution in [0.3, 0.4) is 0 Å². The van der Waals surface area contributed by atoms with E-state index in [1.807, 2.05) is 4.98 Å². The van der Waals surface area contributed by atoms with Crippen LogP contribution >= 0.6 is 15.6 Å². The van der Waals surface area contributed by atoms with Crippen LogP contribution in [0.25, 0.3) is 0 Å². The number of nitrogens with one attached hydrogen (secondary N) is 1. The number of H-pyrrole nitrogens is 1. The minimum Gasteiger partial charge on any atom is -0.387 e. The highest BCUT2D eigenvalue weighted by atomic mass is 31.3. The van der Waals surface area contributed by atoms with Crippen molar-refractivity contribution in [1.29, 1.82) is 0 Å². The molecule has 2 heterocycles. The van der Waals surface area contributed by atoms with Crippen LogP contribution in [-0.4, -0.2) is 59.4 Å². The lowest BCUT2D eigenvalue weighted by Crippen LogP contribution is -2.37. The van der Waals surface area contributed by atoms with Crippen molar-refractivity contribution >= 4 is 15.6 Å². The Balaban J connectivity index is 2.09. The fourth-order valence-corrected chi connectivity index (χ4v) is 3.65. The lowest BCUT2D eigenvalue weighted by atomic mass is 10.1. The first-order chi connectivity index (χ1) is 11.4. The molecular weight excluding hydrogens is 392 g/mol. The van der Waals surface area contributed by atoms with Crippen molar-refractivity contribution < 1.29 is 47.6 Å². The summed E-state index contributed by atoms with van der Waals surface area (Å²) in [6, 6.07) is 0.962. The van der Waals surface area contributed by atoms with Gasteiger partial charge in [0.1, 0.15) is 18.3 Å². The van der Waals surface area contributed by atoms with Crippen LogP contribution in [0.5, 0.6) is 0 Å². The zero-order valence-electron chi connectivity index (χ0n) is 12.1. The number of aromatic nitrogens is 2. The van der Waals surface area contributed by atoms with Crippen LogP contribution in [0.2, 0.25) is 0 Å². The first kappa shape index (κ1) is 20.1. The fraction of sp³-hybridized carbons (Fsp3) is 0.556. The molecule has 0 radical (unpaired) electrons. The maximum Gasteiger partial charge on any atom is 0.481 e. The van der Waals surface area contributed by atoms with Gasteiger partial charge in [0.25, 0.3) is 5.56 Å². The summed E-state index contributed by atoms with van der Waals surface area (Å²) in [6.45, 7) is -0.902. The molecule has 1 aliphatic rings. The summed E-state index contributed by atoms with van der Waals surface area (Å²) in [7, 11) is -10.5. The molecule has 0 saturated carbocycles. The topological polar surface area (TPSA) is 218 Å². The molecule has 1 aliphatic heterocycles. The van der Waals surface area contributed by atoms with Crippen LogP contribution in [-0.2, 0) is 22.7 Å². The Morgan fingerprint density at radius 3 is 2.40 bits per heavy atom. The first-order valence-electron chi connectivity index (χ1n) is 6.47. The Bertz CT molecular complexity index is 828. The van der Waals surface area contributed by atoms with E-state index in [1.165, 1.54) is 0 Å². The van der Waals surface area contributed by atoms with Crippen molar-refractivity contribution in [1.82, 2.24) is 9.55 Å². The largest absolute Gasteiger partial charge is 0.481 e. The Morgan fingerprint density at radius 1 is 1.20 bits per heavy atom. The minimum atomic E-state index is -5.32. The third kappa shape index (κ3) is 5.15. The van der Waals surface area contributed by atoms with Gasteiger partial charge in [-0.1, -0.05) is 0 Å². The molecule has 1 aromatic heterocycles. The van der Waals surface area contributed by atoms with E-state index in [4.69, 9.17) is 19.4 Å². The third-order valence-electron chi connectivity index (χ3n) is 3.07. The number of aliphatic hydroxyl groups excluding tert-OH is 2. The zero-order chi connectivity index (χ0) is 19.0. The summed E-state index contributed by atoms with van der Waals surface area (Å²) < 4.78 is 35.6. The van der Waals surface area contributed by atoms with E-state index in [-0.39, 0.29) is 0 Å². The number of hydrogen-bond acceptors (Lipinski definition) is 9. The van der Waals surface area contributed by atoms with Gasteiger partial charge in [-0.05, 0) is 0 Å². The van der Waals surface area contributed by atoms with E-state index in [1.54, 1.807) is 0 Å². The van der Waals surface area contributed by atoms with Crippen molar-refractivity contribution in [3.8, 4) is 0 Å². The number of ether oxygens (including phenoxy) is 1. The number of phosphoric acid groups is 2. The second-order valence-electron chi connectivity index (χ2n) is 4.90. The maximum atomic E-state index is 11.7. The smallest absolute Gasteiger partial charge is 0.387 e. The van der Waals surface area contributed by atoms with Gasteiger partial charge in [-0.3, -0.25) is 18.9 Å². The van der Waals surface area contributed by atoms with Gasteiger partial charge in [-0.15, -0.1) is 0 Å². The molecule has 6 N–H and O–H groups in total. The summed E-state index contributed by atoms with van der Waals surface area (Å²) >= 11 is 0. The molecule has 14 nitrogen and oxygen atoms in total. The van der Waals surface area contributed by atoms with Crippen molar-refractivity contribution in [2.75, 3.05) is 6.61 Å². The molecule has 25 heavy (non-hydrogen) atoms. The predicted octanol–water partition coefficient (Wildman–Crippen LogP) is -2.62. The lowest BCUT2D eigenvalue weighted by molar-refractivity contribution is -0.0542. The molecule has 2 unspecified atom stereocenters. The Hall–Kier alpha value is -1.18. The molecule has 0 aromatic carbocycles. The van der Waals surface area contributed by atoms with Gasteiger partial charge in [0.2, 0.25) is 0 Å². The fourth-order valence-electron chi connectivity index (χ4n) is 2.05. The van der Waals surface area contributed by atoms with Crippen LogP contribution in [0.15, 0.2) is 21.9 Å². The summed E-state index contributed by atoms with van der Waals surface area (Å²) in [5.41, 5.74) is -1.65. The maximum absolute atomic E-state index is 11.7. The summed E-state index contributed by atoms with van der Waals surface area (Å²) in [5.74, 6) is 0. The highest BCUT2D eigenvalue weighted by molar-refractivity contribution is 7.60.